The first-order valence-electron chi connectivity index (χ1n) is 4.74. The Kier molecular flexibility index (Phi) is 2.27. The van der Waals surface area contributed by atoms with Crippen molar-refractivity contribution in [2.45, 2.75) is 0 Å². The standard InChI is InChI=1S/C12H14N2/c1-13-11-8-7-9-5-3-4-6-10(9)12(11)14-2/h3-8,13-14H,1-2H3. The molecule has 2 aromatic rings. The van der Waals surface area contributed by atoms with Gasteiger partial charge in [0.2, 0.25) is 0 Å². The maximum Gasteiger partial charge on any atom is 0.0652 e. The van der Waals surface area contributed by atoms with E-state index in [1.54, 1.807) is 0 Å². The van der Waals surface area contributed by atoms with E-state index in [1.807, 2.05) is 14.1 Å². The third-order valence-electron chi connectivity index (χ3n) is 2.45. The summed E-state index contributed by atoms with van der Waals surface area (Å²) in [4.78, 5) is 0. The second-order valence-corrected chi connectivity index (χ2v) is 3.21. The Morgan fingerprint density at radius 1 is 0.857 bits per heavy atom. The summed E-state index contributed by atoms with van der Waals surface area (Å²) in [6, 6.07) is 12.6. The van der Waals surface area contributed by atoms with E-state index in [2.05, 4.69) is 47.0 Å². The zero-order chi connectivity index (χ0) is 9.97. The van der Waals surface area contributed by atoms with Crippen molar-refractivity contribution in [2.75, 3.05) is 24.7 Å². The van der Waals surface area contributed by atoms with Crippen molar-refractivity contribution >= 4 is 22.1 Å². The van der Waals surface area contributed by atoms with Gasteiger partial charge in [-0.05, 0) is 11.5 Å². The molecule has 0 bridgehead atoms. The van der Waals surface area contributed by atoms with E-state index >= 15 is 0 Å². The highest BCUT2D eigenvalue weighted by Crippen LogP contribution is 2.30. The molecule has 0 aromatic heterocycles. The van der Waals surface area contributed by atoms with Crippen LogP contribution in [-0.2, 0) is 0 Å². The molecule has 0 atom stereocenters. The van der Waals surface area contributed by atoms with E-state index in [0.29, 0.717) is 0 Å². The zero-order valence-corrected chi connectivity index (χ0v) is 8.46. The molecule has 0 radical (unpaired) electrons. The van der Waals surface area contributed by atoms with E-state index in [4.69, 9.17) is 0 Å². The van der Waals surface area contributed by atoms with Crippen LogP contribution < -0.4 is 10.6 Å². The van der Waals surface area contributed by atoms with Crippen LogP contribution in [0, 0.1) is 0 Å². The molecule has 0 heterocycles. The lowest BCUT2D eigenvalue weighted by Gasteiger charge is -2.11. The van der Waals surface area contributed by atoms with Crippen molar-refractivity contribution in [3.8, 4) is 0 Å². The van der Waals surface area contributed by atoms with Crippen LogP contribution in [0.4, 0.5) is 11.4 Å². The largest absolute Gasteiger partial charge is 0.386 e. The summed E-state index contributed by atoms with van der Waals surface area (Å²) in [6.45, 7) is 0. The number of anilines is 2. The van der Waals surface area contributed by atoms with Gasteiger partial charge in [-0.25, -0.2) is 0 Å². The van der Waals surface area contributed by atoms with Gasteiger partial charge in [-0.2, -0.15) is 0 Å². The molecule has 0 aliphatic rings. The van der Waals surface area contributed by atoms with E-state index < -0.39 is 0 Å². The first-order chi connectivity index (χ1) is 6.86. The highest BCUT2D eigenvalue weighted by molar-refractivity contribution is 5.99. The minimum Gasteiger partial charge on any atom is -0.386 e. The molecule has 0 aliphatic heterocycles. The van der Waals surface area contributed by atoms with Crippen LogP contribution in [0.25, 0.3) is 10.8 Å². The fourth-order valence-corrected chi connectivity index (χ4v) is 1.75. The molecule has 0 saturated heterocycles. The molecular weight excluding hydrogens is 172 g/mol. The Morgan fingerprint density at radius 2 is 1.64 bits per heavy atom. The molecule has 0 amide bonds. The van der Waals surface area contributed by atoms with Gasteiger partial charge in [0.15, 0.2) is 0 Å². The van der Waals surface area contributed by atoms with Gasteiger partial charge in [0.25, 0.3) is 0 Å². The molecule has 2 nitrogen and oxygen atoms in total. The molecule has 0 fully saturated rings. The molecule has 2 rings (SSSR count). The second kappa shape index (κ2) is 3.58. The minimum absolute atomic E-state index is 1.13. The Labute approximate surface area is 83.9 Å². The monoisotopic (exact) mass is 186 g/mol. The van der Waals surface area contributed by atoms with Gasteiger partial charge in [-0.15, -0.1) is 0 Å². The normalized spacial score (nSPS) is 10.1. The number of hydrogen-bond donors (Lipinski definition) is 2. The third kappa shape index (κ3) is 1.29. The molecular formula is C12H14N2. The van der Waals surface area contributed by atoms with Crippen LogP contribution in [0.1, 0.15) is 0 Å². The van der Waals surface area contributed by atoms with Gasteiger partial charge in [0.05, 0.1) is 11.4 Å². The van der Waals surface area contributed by atoms with Crippen molar-refractivity contribution in [1.82, 2.24) is 0 Å². The maximum atomic E-state index is 3.23. The highest BCUT2D eigenvalue weighted by Gasteiger charge is 2.03. The summed E-state index contributed by atoms with van der Waals surface area (Å²) in [7, 11) is 3.88. The van der Waals surface area contributed by atoms with E-state index in [0.717, 1.165) is 11.4 Å². The van der Waals surface area contributed by atoms with Crippen molar-refractivity contribution < 1.29 is 0 Å². The molecule has 2 N–H and O–H groups in total. The van der Waals surface area contributed by atoms with Crippen LogP contribution in [0.5, 0.6) is 0 Å². The highest BCUT2D eigenvalue weighted by atomic mass is 14.9. The fourth-order valence-electron chi connectivity index (χ4n) is 1.75. The molecule has 14 heavy (non-hydrogen) atoms. The zero-order valence-electron chi connectivity index (χ0n) is 8.46. The van der Waals surface area contributed by atoms with E-state index in [-0.39, 0.29) is 0 Å². The van der Waals surface area contributed by atoms with E-state index in [1.165, 1.54) is 10.8 Å². The Morgan fingerprint density at radius 3 is 2.36 bits per heavy atom. The minimum atomic E-state index is 1.13. The van der Waals surface area contributed by atoms with Crippen LogP contribution in [-0.4, -0.2) is 14.1 Å². The average molecular weight is 186 g/mol. The number of hydrogen-bond acceptors (Lipinski definition) is 2. The lowest BCUT2D eigenvalue weighted by Crippen LogP contribution is -1.97. The quantitative estimate of drug-likeness (QED) is 0.753. The lowest BCUT2D eigenvalue weighted by atomic mass is 10.1. The SMILES string of the molecule is CNc1ccc2ccccc2c1NC. The molecule has 0 aliphatic carbocycles. The summed E-state index contributed by atoms with van der Waals surface area (Å²) in [5.41, 5.74) is 2.29. The summed E-state index contributed by atoms with van der Waals surface area (Å²) < 4.78 is 0. The number of fused-ring (bicyclic) bond motifs is 1. The number of nitrogens with one attached hydrogen (secondary N) is 2. The van der Waals surface area contributed by atoms with Crippen molar-refractivity contribution in [3.05, 3.63) is 36.4 Å². The van der Waals surface area contributed by atoms with Crippen molar-refractivity contribution in [3.63, 3.8) is 0 Å². The molecule has 72 valence electrons. The summed E-state index contributed by atoms with van der Waals surface area (Å²) in [6.07, 6.45) is 0. The third-order valence-corrected chi connectivity index (χ3v) is 2.45. The fraction of sp³-hybridized carbons (Fsp3) is 0.167. The summed E-state index contributed by atoms with van der Waals surface area (Å²) >= 11 is 0. The van der Waals surface area contributed by atoms with Gasteiger partial charge < -0.3 is 10.6 Å². The summed E-state index contributed by atoms with van der Waals surface area (Å²) in [5.74, 6) is 0. The Balaban J connectivity index is 2.77. The number of benzene rings is 2. The van der Waals surface area contributed by atoms with Gasteiger partial charge in [-0.1, -0.05) is 30.3 Å². The average Bonchev–Trinajstić information content (AvgIpc) is 2.27. The van der Waals surface area contributed by atoms with Gasteiger partial charge in [-0.3, -0.25) is 0 Å². The smallest absolute Gasteiger partial charge is 0.0652 e. The molecule has 0 unspecified atom stereocenters. The maximum absolute atomic E-state index is 3.23. The van der Waals surface area contributed by atoms with Crippen molar-refractivity contribution in [2.24, 2.45) is 0 Å². The molecule has 0 spiro atoms. The Bertz CT molecular complexity index is 449. The first kappa shape index (κ1) is 8.88. The predicted molar refractivity (Wildman–Crippen MR) is 63.0 cm³/mol. The second-order valence-electron chi connectivity index (χ2n) is 3.21. The molecule has 0 saturated carbocycles. The number of rotatable bonds is 2. The van der Waals surface area contributed by atoms with Crippen LogP contribution in [0.2, 0.25) is 0 Å². The summed E-state index contributed by atoms with van der Waals surface area (Å²) in [5, 5.41) is 8.91. The van der Waals surface area contributed by atoms with Crippen LogP contribution in [0.15, 0.2) is 36.4 Å². The first-order valence-corrected chi connectivity index (χ1v) is 4.74. The predicted octanol–water partition coefficient (Wildman–Crippen LogP) is 2.92. The van der Waals surface area contributed by atoms with Gasteiger partial charge in [0, 0.05) is 19.5 Å². The molecule has 2 heteroatoms. The van der Waals surface area contributed by atoms with Crippen LogP contribution >= 0.6 is 0 Å². The molecule has 2 aromatic carbocycles. The van der Waals surface area contributed by atoms with Crippen LogP contribution in [0.3, 0.4) is 0 Å². The van der Waals surface area contributed by atoms with Crippen molar-refractivity contribution in [1.29, 1.82) is 0 Å². The topological polar surface area (TPSA) is 24.1 Å². The van der Waals surface area contributed by atoms with E-state index in [9.17, 15) is 0 Å². The van der Waals surface area contributed by atoms with Gasteiger partial charge in [0.1, 0.15) is 0 Å². The van der Waals surface area contributed by atoms with Gasteiger partial charge >= 0.3 is 0 Å². The Hall–Kier alpha value is -1.70. The lowest BCUT2D eigenvalue weighted by molar-refractivity contribution is 1.47.